The van der Waals surface area contributed by atoms with Gasteiger partial charge in [-0.2, -0.15) is 0 Å². The van der Waals surface area contributed by atoms with Crippen molar-refractivity contribution in [3.05, 3.63) is 52.6 Å². The summed E-state index contributed by atoms with van der Waals surface area (Å²) in [5, 5.41) is -1.16. The van der Waals surface area contributed by atoms with Crippen molar-refractivity contribution < 1.29 is 27.2 Å². The van der Waals surface area contributed by atoms with Crippen molar-refractivity contribution in [3.8, 4) is 11.3 Å². The highest BCUT2D eigenvalue weighted by atomic mass is 31.2. The van der Waals surface area contributed by atoms with Crippen LogP contribution in [0, 0.1) is 0 Å². The predicted octanol–water partition coefficient (Wildman–Crippen LogP) is 5.24. The normalized spacial score (nSPS) is 12.4. The lowest BCUT2D eigenvalue weighted by Crippen LogP contribution is -2.24. The van der Waals surface area contributed by atoms with Crippen molar-refractivity contribution in [1.82, 2.24) is 9.55 Å². The van der Waals surface area contributed by atoms with E-state index in [1.54, 1.807) is 34.7 Å². The van der Waals surface area contributed by atoms with E-state index in [1.807, 2.05) is 30.3 Å². The molecule has 184 valence electrons. The molecule has 33 heavy (non-hydrogen) atoms. The Hall–Kier alpha value is -1.60. The Kier molecular flexibility index (Phi) is 10.7. The average Bonchev–Trinajstić information content (AvgIpc) is 2.77. The fourth-order valence-electron chi connectivity index (χ4n) is 3.45. The summed E-state index contributed by atoms with van der Waals surface area (Å²) in [4.78, 5) is 17.2. The SMILES string of the molecule is CCOP(=O)(OCC)C(CCc1nc(-c2ccccc2)cc(=O)n1C)P(=O)(OCC)OCC. The zero-order valence-corrected chi connectivity index (χ0v) is 21.7. The molecule has 2 aromatic rings. The number of rotatable bonds is 14. The van der Waals surface area contributed by atoms with E-state index in [0.29, 0.717) is 11.5 Å². The third-order valence-corrected chi connectivity index (χ3v) is 11.0. The van der Waals surface area contributed by atoms with Gasteiger partial charge in [-0.15, -0.1) is 0 Å². The third kappa shape index (κ3) is 6.95. The van der Waals surface area contributed by atoms with Crippen molar-refractivity contribution in [1.29, 1.82) is 0 Å². The predicted molar refractivity (Wildman–Crippen MR) is 129 cm³/mol. The van der Waals surface area contributed by atoms with Gasteiger partial charge in [0.15, 0.2) is 5.40 Å². The van der Waals surface area contributed by atoms with Gasteiger partial charge in [0.2, 0.25) is 0 Å². The lowest BCUT2D eigenvalue weighted by Gasteiger charge is -2.31. The molecule has 2 rings (SSSR count). The number of aryl methyl sites for hydroxylation is 1. The summed E-state index contributed by atoms with van der Waals surface area (Å²) >= 11 is 0. The van der Waals surface area contributed by atoms with Gasteiger partial charge in [-0.1, -0.05) is 30.3 Å². The number of nitrogens with zero attached hydrogens (tertiary/aromatic N) is 2. The minimum Gasteiger partial charge on any atom is -0.308 e. The van der Waals surface area contributed by atoms with Crippen LogP contribution < -0.4 is 5.56 Å². The quantitative estimate of drug-likeness (QED) is 0.324. The fraction of sp³-hybridized carbons (Fsp3) is 0.545. The second kappa shape index (κ2) is 12.7. The van der Waals surface area contributed by atoms with Crippen LogP contribution in [-0.2, 0) is 40.7 Å². The minimum absolute atomic E-state index is 0.0626. The Morgan fingerprint density at radius 2 is 1.36 bits per heavy atom. The summed E-state index contributed by atoms with van der Waals surface area (Å²) in [5.74, 6) is 0.449. The number of hydrogen-bond acceptors (Lipinski definition) is 8. The van der Waals surface area contributed by atoms with E-state index in [4.69, 9.17) is 18.1 Å². The maximum absolute atomic E-state index is 13.7. The molecule has 1 heterocycles. The van der Waals surface area contributed by atoms with Crippen molar-refractivity contribution in [2.75, 3.05) is 26.4 Å². The van der Waals surface area contributed by atoms with Crippen molar-refractivity contribution in [3.63, 3.8) is 0 Å². The van der Waals surface area contributed by atoms with Gasteiger partial charge < -0.3 is 18.1 Å². The lowest BCUT2D eigenvalue weighted by molar-refractivity contribution is 0.193. The summed E-state index contributed by atoms with van der Waals surface area (Å²) in [6.45, 7) is 7.15. The van der Waals surface area contributed by atoms with Crippen LogP contribution in [0.4, 0.5) is 0 Å². The van der Waals surface area contributed by atoms with Gasteiger partial charge in [-0.3, -0.25) is 18.5 Å². The second-order valence-electron chi connectivity index (χ2n) is 7.09. The van der Waals surface area contributed by atoms with Crippen molar-refractivity contribution in [2.24, 2.45) is 7.05 Å². The van der Waals surface area contributed by atoms with E-state index < -0.39 is 20.6 Å². The molecule has 0 amide bonds. The highest BCUT2D eigenvalue weighted by molar-refractivity contribution is 7.72. The number of benzene rings is 1. The van der Waals surface area contributed by atoms with E-state index in [9.17, 15) is 13.9 Å². The van der Waals surface area contributed by atoms with E-state index in [1.165, 1.54) is 10.6 Å². The van der Waals surface area contributed by atoms with Crippen LogP contribution >= 0.6 is 15.2 Å². The summed E-state index contributed by atoms with van der Waals surface area (Å²) in [5.41, 5.74) is 1.10. The van der Waals surface area contributed by atoms with Gasteiger partial charge in [0.1, 0.15) is 5.82 Å². The standard InChI is InChI=1S/C22H34N2O7P2/c1-6-28-32(26,29-7-2)22(33(27,30-8-3)31-9-4)16-15-20-23-19(17-21(25)24(20)5)18-13-11-10-12-14-18/h10-14,17,22H,6-9,15-16H2,1-5H3. The summed E-state index contributed by atoms with van der Waals surface area (Å²) in [7, 11) is -6.13. The Morgan fingerprint density at radius 1 is 0.879 bits per heavy atom. The average molecular weight is 500 g/mol. The molecule has 0 spiro atoms. The third-order valence-electron chi connectivity index (χ3n) is 4.89. The molecule has 0 aliphatic heterocycles. The van der Waals surface area contributed by atoms with Gasteiger partial charge in [-0.25, -0.2) is 4.98 Å². The Bertz CT molecular complexity index is 993. The summed E-state index contributed by atoms with van der Waals surface area (Å²) < 4.78 is 50.9. The highest BCUT2D eigenvalue weighted by Crippen LogP contribution is 2.71. The molecular weight excluding hydrogens is 466 g/mol. The van der Waals surface area contributed by atoms with Crippen LogP contribution in [0.5, 0.6) is 0 Å². The van der Waals surface area contributed by atoms with Gasteiger partial charge in [0.05, 0.1) is 32.1 Å². The molecule has 0 bridgehead atoms. The van der Waals surface area contributed by atoms with E-state index >= 15 is 0 Å². The monoisotopic (exact) mass is 500 g/mol. The largest absolute Gasteiger partial charge is 0.345 e. The molecule has 1 aromatic carbocycles. The van der Waals surface area contributed by atoms with E-state index in [2.05, 4.69) is 4.98 Å². The van der Waals surface area contributed by atoms with Crippen molar-refractivity contribution >= 4 is 15.2 Å². The molecule has 0 fully saturated rings. The minimum atomic E-state index is -3.87. The van der Waals surface area contributed by atoms with Crippen LogP contribution in [0.1, 0.15) is 39.9 Å². The maximum Gasteiger partial charge on any atom is 0.345 e. The topological polar surface area (TPSA) is 106 Å². The molecule has 9 nitrogen and oxygen atoms in total. The van der Waals surface area contributed by atoms with Gasteiger partial charge in [0, 0.05) is 25.1 Å². The van der Waals surface area contributed by atoms with Crippen LogP contribution in [0.15, 0.2) is 41.2 Å². The van der Waals surface area contributed by atoms with E-state index in [0.717, 1.165) is 5.56 Å². The number of hydrogen-bond donors (Lipinski definition) is 0. The summed E-state index contributed by atoms with van der Waals surface area (Å²) in [6.07, 6.45) is 0.248. The Balaban J connectivity index is 2.49. The molecule has 0 aliphatic rings. The number of aromatic nitrogens is 2. The van der Waals surface area contributed by atoms with Crippen LogP contribution in [0.3, 0.4) is 0 Å². The van der Waals surface area contributed by atoms with Gasteiger partial charge in [-0.05, 0) is 34.1 Å². The molecule has 1 aromatic heterocycles. The first-order chi connectivity index (χ1) is 15.7. The van der Waals surface area contributed by atoms with Gasteiger partial charge in [0.25, 0.3) is 5.56 Å². The fourth-order valence-corrected chi connectivity index (χ4v) is 8.81. The first kappa shape index (κ1) is 27.6. The second-order valence-corrected chi connectivity index (χ2v) is 11.9. The molecular formula is C22H34N2O7P2. The van der Waals surface area contributed by atoms with E-state index in [-0.39, 0.29) is 44.8 Å². The molecule has 0 saturated heterocycles. The highest BCUT2D eigenvalue weighted by Gasteiger charge is 2.50. The molecule has 0 unspecified atom stereocenters. The zero-order chi connectivity index (χ0) is 24.5. The van der Waals surface area contributed by atoms with Gasteiger partial charge >= 0.3 is 15.2 Å². The van der Waals surface area contributed by atoms with Crippen LogP contribution in [0.2, 0.25) is 0 Å². The molecule has 0 N–H and O–H groups in total. The Morgan fingerprint density at radius 3 is 1.82 bits per heavy atom. The Labute approximate surface area is 195 Å². The molecule has 0 radical (unpaired) electrons. The lowest BCUT2D eigenvalue weighted by atomic mass is 10.1. The first-order valence-electron chi connectivity index (χ1n) is 11.1. The molecule has 11 heteroatoms. The van der Waals surface area contributed by atoms with Crippen LogP contribution in [0.25, 0.3) is 11.3 Å². The molecule has 0 saturated carbocycles. The smallest absolute Gasteiger partial charge is 0.308 e. The molecule has 0 aliphatic carbocycles. The van der Waals surface area contributed by atoms with Crippen LogP contribution in [-0.4, -0.2) is 41.4 Å². The van der Waals surface area contributed by atoms with Crippen molar-refractivity contribution in [2.45, 2.75) is 45.9 Å². The summed E-state index contributed by atoms with van der Waals surface area (Å²) in [6, 6.07) is 10.8. The zero-order valence-electron chi connectivity index (χ0n) is 19.9. The molecule has 0 atom stereocenters. The first-order valence-corrected chi connectivity index (χ1v) is 14.4. The maximum atomic E-state index is 13.7.